The number of hydrogen-bond acceptors (Lipinski definition) is 6. The van der Waals surface area contributed by atoms with E-state index in [4.69, 9.17) is 9.47 Å². The Kier molecular flexibility index (Phi) is 9.74. The number of anilines is 6. The van der Waals surface area contributed by atoms with Crippen molar-refractivity contribution in [3.8, 4) is 23.0 Å². The Morgan fingerprint density at radius 1 is 0.256 bits per heavy atom. The minimum absolute atomic E-state index is 0.0695. The average molecular weight is 1030 g/mol. The highest BCUT2D eigenvalue weighted by Gasteiger charge is 2.46. The average Bonchev–Trinajstić information content (AvgIpc) is 3.50. The molecule has 4 aliphatic rings. The molecule has 0 aliphatic carbocycles. The van der Waals surface area contributed by atoms with Gasteiger partial charge in [-0.2, -0.15) is 0 Å². The summed E-state index contributed by atoms with van der Waals surface area (Å²) < 4.78 is 13.7. The molecule has 0 saturated carbocycles. The van der Waals surface area contributed by atoms with Gasteiger partial charge in [0.25, 0.3) is 0 Å². The molecule has 78 heavy (non-hydrogen) atoms. The third-order valence-corrected chi connectivity index (χ3v) is 18.5. The van der Waals surface area contributed by atoms with Crippen molar-refractivity contribution >= 4 is 147 Å². The number of rotatable bonds is 6. The van der Waals surface area contributed by atoms with Gasteiger partial charge in [0.1, 0.15) is 23.0 Å². The van der Waals surface area contributed by atoms with Gasteiger partial charge in [-0.25, -0.2) is 0 Å². The fraction of sp³-hybridized carbons (Fsp3) is 0. The molecular formula is C70H42B2N2O2S2. The van der Waals surface area contributed by atoms with Gasteiger partial charge in [0.15, 0.2) is 0 Å². The van der Waals surface area contributed by atoms with Crippen molar-refractivity contribution in [1.29, 1.82) is 0 Å². The second-order valence-corrected chi connectivity index (χ2v) is 23.0. The monoisotopic (exact) mass is 1030 g/mol. The van der Waals surface area contributed by atoms with Crippen LogP contribution in [0.1, 0.15) is 0 Å². The van der Waals surface area contributed by atoms with Crippen LogP contribution in [0.25, 0.3) is 43.1 Å². The zero-order chi connectivity index (χ0) is 51.0. The summed E-state index contributed by atoms with van der Waals surface area (Å²) in [7, 11) is 0. The van der Waals surface area contributed by atoms with Gasteiger partial charge >= 0.3 is 0 Å². The van der Waals surface area contributed by atoms with E-state index in [1.165, 1.54) is 107 Å². The summed E-state index contributed by atoms with van der Waals surface area (Å²) in [4.78, 5) is 9.91. The van der Waals surface area contributed by atoms with Crippen LogP contribution in [0.5, 0.6) is 23.0 Å². The first-order valence-corrected chi connectivity index (χ1v) is 28.2. The quantitative estimate of drug-likeness (QED) is 0.154. The van der Waals surface area contributed by atoms with Crippen molar-refractivity contribution in [1.82, 2.24) is 0 Å². The lowest BCUT2D eigenvalue weighted by atomic mass is 9.31. The summed E-state index contributed by atoms with van der Waals surface area (Å²) in [5, 5.41) is 9.70. The zero-order valence-electron chi connectivity index (χ0n) is 41.9. The van der Waals surface area contributed by atoms with E-state index in [0.29, 0.717) is 0 Å². The molecular weight excluding hydrogens is 987 g/mol. The van der Waals surface area contributed by atoms with Gasteiger partial charge in [0, 0.05) is 65.8 Å². The van der Waals surface area contributed by atoms with E-state index in [1.54, 1.807) is 0 Å². The molecule has 0 unspecified atom stereocenters. The maximum atomic E-state index is 6.84. The van der Waals surface area contributed by atoms with Crippen LogP contribution in [0.3, 0.4) is 0 Å². The first-order valence-electron chi connectivity index (χ1n) is 26.6. The maximum Gasteiger partial charge on any atom is 0.249 e. The van der Waals surface area contributed by atoms with Gasteiger partial charge in [0.05, 0.1) is 0 Å². The Hall–Kier alpha value is -9.07. The Morgan fingerprint density at radius 2 is 0.628 bits per heavy atom. The van der Waals surface area contributed by atoms with Gasteiger partial charge in [-0.05, 0) is 144 Å². The summed E-state index contributed by atoms with van der Waals surface area (Å²) in [6.07, 6.45) is 0. The van der Waals surface area contributed by atoms with E-state index >= 15 is 0 Å². The maximum absolute atomic E-state index is 6.84. The predicted molar refractivity (Wildman–Crippen MR) is 329 cm³/mol. The summed E-state index contributed by atoms with van der Waals surface area (Å²) in [6, 6.07) is 93.2. The Morgan fingerprint density at radius 3 is 1.05 bits per heavy atom. The highest BCUT2D eigenvalue weighted by atomic mass is 32.2. The normalized spacial score (nSPS) is 13.4. The fourth-order valence-electron chi connectivity index (χ4n) is 12.9. The summed E-state index contributed by atoms with van der Waals surface area (Å²) >= 11 is 3.74. The van der Waals surface area contributed by atoms with E-state index < -0.39 is 0 Å². The molecule has 13 aromatic carbocycles. The Bertz CT molecular complexity index is 4390. The molecule has 8 heteroatoms. The molecule has 17 rings (SSSR count). The van der Waals surface area contributed by atoms with Crippen molar-refractivity contribution in [3.63, 3.8) is 0 Å². The Labute approximate surface area is 460 Å². The molecule has 362 valence electrons. The lowest BCUT2D eigenvalue weighted by molar-refractivity contribution is 0.481. The first-order chi connectivity index (χ1) is 38.6. The van der Waals surface area contributed by atoms with Crippen LogP contribution >= 0.6 is 23.5 Å². The van der Waals surface area contributed by atoms with Crippen molar-refractivity contribution in [2.24, 2.45) is 0 Å². The molecule has 0 aromatic heterocycles. The number of hydrogen-bond donors (Lipinski definition) is 0. The number of nitrogens with zero attached hydrogens (tertiary/aromatic N) is 2. The van der Waals surface area contributed by atoms with E-state index in [0.717, 1.165) is 45.7 Å². The van der Waals surface area contributed by atoms with Gasteiger partial charge in [-0.15, -0.1) is 0 Å². The van der Waals surface area contributed by atoms with E-state index in [-0.39, 0.29) is 13.4 Å². The molecule has 0 fully saturated rings. The predicted octanol–water partition coefficient (Wildman–Crippen LogP) is 15.4. The number of ether oxygens (including phenoxy) is 2. The van der Waals surface area contributed by atoms with Gasteiger partial charge in [-0.1, -0.05) is 198 Å². The van der Waals surface area contributed by atoms with Gasteiger partial charge in [0.2, 0.25) is 13.4 Å². The lowest BCUT2D eigenvalue weighted by Gasteiger charge is -2.42. The number of fused-ring (bicyclic) bond motifs is 12. The fourth-order valence-corrected chi connectivity index (χ4v) is 15.4. The summed E-state index contributed by atoms with van der Waals surface area (Å²) in [5.41, 5.74) is 14.7. The molecule has 4 aliphatic heterocycles. The molecule has 0 radical (unpaired) electrons. The second kappa shape index (κ2) is 17.2. The van der Waals surface area contributed by atoms with Crippen molar-refractivity contribution in [3.05, 3.63) is 255 Å². The zero-order valence-corrected chi connectivity index (χ0v) is 43.6. The molecule has 0 bridgehead atoms. The third kappa shape index (κ3) is 6.93. The molecule has 13 aromatic rings. The van der Waals surface area contributed by atoms with Crippen LogP contribution in [0.2, 0.25) is 0 Å². The number of para-hydroxylation sites is 2. The van der Waals surface area contributed by atoms with Crippen LogP contribution < -0.4 is 52.1 Å². The van der Waals surface area contributed by atoms with E-state index in [9.17, 15) is 0 Å². The lowest BCUT2D eigenvalue weighted by Crippen LogP contribution is -2.63. The Balaban J connectivity index is 0.918. The van der Waals surface area contributed by atoms with Gasteiger partial charge in [-0.3, -0.25) is 0 Å². The second-order valence-electron chi connectivity index (χ2n) is 20.8. The van der Waals surface area contributed by atoms with E-state index in [1.807, 2.05) is 84.2 Å². The summed E-state index contributed by atoms with van der Waals surface area (Å²) in [6.45, 7) is -0.139. The SMILES string of the molecule is c1ccc(Oc2cc3c4c(c2)N(c2ccc5ccccc5c2)c2cc5ccccc5cc2B4c2cc4c(cc2S3)Sc2cc(Oc3ccccc3)cc3c2B4c2cc4ccccc4cc2N3c2ccc3ccccc3c2)cc1. The minimum atomic E-state index is -0.0695. The molecule has 0 amide bonds. The third-order valence-electron chi connectivity index (χ3n) is 16.3. The van der Waals surface area contributed by atoms with Crippen LogP contribution in [-0.2, 0) is 0 Å². The molecule has 0 atom stereocenters. The topological polar surface area (TPSA) is 24.9 Å². The molecule has 0 N–H and O–H groups in total. The molecule has 4 heterocycles. The highest BCUT2D eigenvalue weighted by Crippen LogP contribution is 2.49. The van der Waals surface area contributed by atoms with Crippen molar-refractivity contribution in [2.75, 3.05) is 9.80 Å². The first kappa shape index (κ1) is 44.1. The largest absolute Gasteiger partial charge is 0.457 e. The standard InChI is InChI=1S/C70H42B2N2O2S2/c1-3-23-53(24-4-1)75-55-37-63-69-67(39-55)77-65-42-66-60(41-59(65)71(69)57-33-47-19-11-13-21-49(47)35-61(57)73(63)51-29-27-43-15-7-9-17-45(43)31-51)72-58-34-48-20-12-14-22-50(48)36-62(58)74(52-30-28-44-16-8-10-18-46(44)32-52)64-38-56(40-68(78-66)70(64)72)76-54-25-5-2-6-26-54/h1-42H. The van der Waals surface area contributed by atoms with Crippen LogP contribution in [0.15, 0.2) is 274 Å². The van der Waals surface area contributed by atoms with Crippen molar-refractivity contribution < 1.29 is 9.47 Å². The summed E-state index contributed by atoms with van der Waals surface area (Å²) in [5.74, 6) is 3.23. The molecule has 4 nitrogen and oxygen atoms in total. The van der Waals surface area contributed by atoms with Crippen LogP contribution in [0, 0.1) is 0 Å². The van der Waals surface area contributed by atoms with E-state index in [2.05, 4.69) is 204 Å². The minimum Gasteiger partial charge on any atom is -0.457 e. The van der Waals surface area contributed by atoms with Crippen molar-refractivity contribution in [2.45, 2.75) is 19.6 Å². The highest BCUT2D eigenvalue weighted by molar-refractivity contribution is 8.01. The van der Waals surface area contributed by atoms with Crippen LogP contribution in [0.4, 0.5) is 34.1 Å². The number of benzene rings is 13. The van der Waals surface area contributed by atoms with Crippen LogP contribution in [-0.4, -0.2) is 13.4 Å². The molecule has 0 spiro atoms. The van der Waals surface area contributed by atoms with Gasteiger partial charge < -0.3 is 19.3 Å². The molecule has 0 saturated heterocycles. The smallest absolute Gasteiger partial charge is 0.249 e.